The summed E-state index contributed by atoms with van der Waals surface area (Å²) in [6.45, 7) is 4.30. The summed E-state index contributed by atoms with van der Waals surface area (Å²) in [5.41, 5.74) is 2.11. The molecule has 0 bridgehead atoms. The number of rotatable bonds is 3. The van der Waals surface area contributed by atoms with E-state index in [1.165, 1.54) is 7.11 Å². The number of ether oxygens (including phenoxy) is 3. The van der Waals surface area contributed by atoms with Gasteiger partial charge in [0.25, 0.3) is 0 Å². The molecule has 98 valence electrons. The lowest BCUT2D eigenvalue weighted by Gasteiger charge is -2.25. The summed E-state index contributed by atoms with van der Waals surface area (Å²) < 4.78 is 16.2. The van der Waals surface area contributed by atoms with Gasteiger partial charge in [-0.3, -0.25) is 4.79 Å². The molecule has 0 radical (unpaired) electrons. The van der Waals surface area contributed by atoms with Gasteiger partial charge in [0.05, 0.1) is 26.2 Å². The lowest BCUT2D eigenvalue weighted by atomic mass is 10.0. The van der Waals surface area contributed by atoms with Crippen LogP contribution in [0.2, 0.25) is 0 Å². The third-order valence-corrected chi connectivity index (χ3v) is 3.19. The average Bonchev–Trinajstić information content (AvgIpc) is 2.72. The molecule has 2 atom stereocenters. The van der Waals surface area contributed by atoms with E-state index in [0.717, 1.165) is 11.1 Å². The monoisotopic (exact) mass is 250 g/mol. The van der Waals surface area contributed by atoms with E-state index in [4.69, 9.17) is 9.47 Å². The molecule has 4 heteroatoms. The number of esters is 1. The van der Waals surface area contributed by atoms with Crippen LogP contribution in [0.25, 0.3) is 0 Å². The largest absolute Gasteiger partial charge is 0.469 e. The second-order valence-electron chi connectivity index (χ2n) is 4.59. The van der Waals surface area contributed by atoms with Crippen molar-refractivity contribution in [3.8, 4) is 0 Å². The van der Waals surface area contributed by atoms with E-state index < -0.39 is 5.79 Å². The Morgan fingerprint density at radius 3 is 2.89 bits per heavy atom. The molecule has 0 N–H and O–H groups in total. The minimum atomic E-state index is -0.774. The topological polar surface area (TPSA) is 44.8 Å². The summed E-state index contributed by atoms with van der Waals surface area (Å²) in [5.74, 6) is -1.05. The van der Waals surface area contributed by atoms with Crippen molar-refractivity contribution in [2.45, 2.75) is 32.2 Å². The number of hydrogen-bond acceptors (Lipinski definition) is 4. The maximum absolute atomic E-state index is 11.2. The highest BCUT2D eigenvalue weighted by Crippen LogP contribution is 2.36. The fraction of sp³-hybridized carbons (Fsp3) is 0.500. The summed E-state index contributed by atoms with van der Waals surface area (Å²) >= 11 is 0. The van der Waals surface area contributed by atoms with Crippen LogP contribution in [0.3, 0.4) is 0 Å². The molecule has 0 spiro atoms. The van der Waals surface area contributed by atoms with Crippen molar-refractivity contribution in [1.29, 1.82) is 0 Å². The third-order valence-electron chi connectivity index (χ3n) is 3.19. The van der Waals surface area contributed by atoms with E-state index in [1.807, 2.05) is 38.1 Å². The van der Waals surface area contributed by atoms with Crippen LogP contribution in [0.15, 0.2) is 24.3 Å². The first kappa shape index (κ1) is 13.1. The Morgan fingerprint density at radius 2 is 2.22 bits per heavy atom. The van der Waals surface area contributed by atoms with Crippen molar-refractivity contribution in [2.75, 3.05) is 13.7 Å². The van der Waals surface area contributed by atoms with Crippen molar-refractivity contribution in [2.24, 2.45) is 0 Å². The van der Waals surface area contributed by atoms with Gasteiger partial charge in [0.15, 0.2) is 5.79 Å². The van der Waals surface area contributed by atoms with Crippen molar-refractivity contribution in [1.82, 2.24) is 0 Å². The Kier molecular flexibility index (Phi) is 3.68. The van der Waals surface area contributed by atoms with Crippen molar-refractivity contribution in [3.05, 3.63) is 35.4 Å². The molecule has 1 aromatic carbocycles. The first-order chi connectivity index (χ1) is 8.55. The number of methoxy groups -OCH3 is 1. The zero-order valence-electron chi connectivity index (χ0n) is 10.9. The van der Waals surface area contributed by atoms with Gasteiger partial charge in [0.1, 0.15) is 0 Å². The van der Waals surface area contributed by atoms with Gasteiger partial charge in [-0.25, -0.2) is 0 Å². The van der Waals surface area contributed by atoms with Crippen LogP contribution in [0.5, 0.6) is 0 Å². The Bertz CT molecular complexity index is 443. The van der Waals surface area contributed by atoms with Gasteiger partial charge in [-0.1, -0.05) is 24.3 Å². The summed E-state index contributed by atoms with van der Waals surface area (Å²) in [4.78, 5) is 11.2. The highest BCUT2D eigenvalue weighted by molar-refractivity contribution is 5.69. The predicted octanol–water partition coefficient (Wildman–Crippen LogP) is 2.15. The van der Waals surface area contributed by atoms with E-state index >= 15 is 0 Å². The second kappa shape index (κ2) is 5.08. The Hall–Kier alpha value is -1.39. The highest BCUT2D eigenvalue weighted by Gasteiger charge is 2.40. The van der Waals surface area contributed by atoms with E-state index in [9.17, 15) is 4.79 Å². The van der Waals surface area contributed by atoms with Crippen molar-refractivity contribution >= 4 is 5.97 Å². The molecular weight excluding hydrogens is 232 g/mol. The molecule has 1 aliphatic heterocycles. The lowest BCUT2D eigenvalue weighted by molar-refractivity contribution is -0.167. The molecule has 1 aromatic rings. The van der Waals surface area contributed by atoms with Gasteiger partial charge in [-0.15, -0.1) is 0 Å². The SMILES string of the molecule is COC(=O)CC1COC(C)(c2ccccc2C)O1. The van der Waals surface area contributed by atoms with Crippen molar-refractivity contribution in [3.63, 3.8) is 0 Å². The molecule has 2 unspecified atom stereocenters. The number of carbonyl (C=O) groups excluding carboxylic acids is 1. The molecule has 0 aliphatic carbocycles. The standard InChI is InChI=1S/C14H18O4/c1-10-6-4-5-7-12(10)14(2)17-9-11(18-14)8-13(15)16-3/h4-7,11H,8-9H2,1-3H3. The van der Waals surface area contributed by atoms with Crippen LogP contribution in [0.4, 0.5) is 0 Å². The van der Waals surface area contributed by atoms with Crippen molar-refractivity contribution < 1.29 is 19.0 Å². The van der Waals surface area contributed by atoms with Gasteiger partial charge >= 0.3 is 5.97 Å². The van der Waals surface area contributed by atoms with Crippen LogP contribution < -0.4 is 0 Å². The van der Waals surface area contributed by atoms with Gasteiger partial charge < -0.3 is 14.2 Å². The van der Waals surface area contributed by atoms with Crippen LogP contribution in [-0.2, 0) is 24.8 Å². The molecular formula is C14H18O4. The molecule has 1 aliphatic rings. The van der Waals surface area contributed by atoms with Gasteiger partial charge in [-0.05, 0) is 19.4 Å². The molecule has 0 saturated carbocycles. The summed E-state index contributed by atoms with van der Waals surface area (Å²) in [5, 5.41) is 0. The van der Waals surface area contributed by atoms with Crippen LogP contribution in [-0.4, -0.2) is 25.8 Å². The smallest absolute Gasteiger partial charge is 0.308 e. The molecule has 18 heavy (non-hydrogen) atoms. The molecule has 2 rings (SSSR count). The minimum absolute atomic E-state index is 0.220. The third kappa shape index (κ3) is 2.54. The number of hydrogen-bond donors (Lipinski definition) is 0. The van der Waals surface area contributed by atoms with Crippen LogP contribution in [0.1, 0.15) is 24.5 Å². The maximum atomic E-state index is 11.2. The first-order valence-electron chi connectivity index (χ1n) is 6.00. The molecule has 1 heterocycles. The average molecular weight is 250 g/mol. The van der Waals surface area contributed by atoms with Gasteiger partial charge in [0, 0.05) is 5.56 Å². The van der Waals surface area contributed by atoms with Crippen LogP contribution in [0, 0.1) is 6.92 Å². The number of carbonyl (C=O) groups is 1. The summed E-state index contributed by atoms with van der Waals surface area (Å²) in [7, 11) is 1.37. The summed E-state index contributed by atoms with van der Waals surface area (Å²) in [6.07, 6.45) is -0.0279. The Balaban J connectivity index is 2.11. The Morgan fingerprint density at radius 1 is 1.50 bits per heavy atom. The molecule has 4 nitrogen and oxygen atoms in total. The number of aryl methyl sites for hydroxylation is 1. The molecule has 0 aromatic heterocycles. The first-order valence-corrected chi connectivity index (χ1v) is 6.00. The van der Waals surface area contributed by atoms with Crippen LogP contribution >= 0.6 is 0 Å². The molecule has 0 amide bonds. The number of benzene rings is 1. The van der Waals surface area contributed by atoms with Gasteiger partial charge in [0.2, 0.25) is 0 Å². The summed E-state index contributed by atoms with van der Waals surface area (Å²) in [6, 6.07) is 7.92. The Labute approximate surface area is 107 Å². The van der Waals surface area contributed by atoms with Gasteiger partial charge in [-0.2, -0.15) is 0 Å². The normalized spacial score (nSPS) is 27.2. The van der Waals surface area contributed by atoms with E-state index in [-0.39, 0.29) is 18.5 Å². The minimum Gasteiger partial charge on any atom is -0.469 e. The zero-order valence-corrected chi connectivity index (χ0v) is 10.9. The van der Waals surface area contributed by atoms with E-state index in [1.54, 1.807) is 0 Å². The maximum Gasteiger partial charge on any atom is 0.308 e. The van der Waals surface area contributed by atoms with E-state index in [0.29, 0.717) is 6.61 Å². The van der Waals surface area contributed by atoms with E-state index in [2.05, 4.69) is 4.74 Å². The molecule has 1 saturated heterocycles. The highest BCUT2D eigenvalue weighted by atomic mass is 16.7. The zero-order chi connectivity index (χ0) is 13.2. The fourth-order valence-corrected chi connectivity index (χ4v) is 2.23. The lowest BCUT2D eigenvalue weighted by Crippen LogP contribution is -2.25. The molecule has 1 fully saturated rings. The predicted molar refractivity (Wildman–Crippen MR) is 66.0 cm³/mol. The quantitative estimate of drug-likeness (QED) is 0.771. The second-order valence-corrected chi connectivity index (χ2v) is 4.59. The fourth-order valence-electron chi connectivity index (χ4n) is 2.23.